The first-order valence-corrected chi connectivity index (χ1v) is 11.3. The molecule has 7 nitrogen and oxygen atoms in total. The molecule has 1 amide bonds. The van der Waals surface area contributed by atoms with E-state index in [9.17, 15) is 17.6 Å². The molecule has 0 fully saturated rings. The zero-order valence-electron chi connectivity index (χ0n) is 16.9. The molecule has 3 rings (SSSR count). The summed E-state index contributed by atoms with van der Waals surface area (Å²) in [6.45, 7) is 0.267. The third-order valence-electron chi connectivity index (χ3n) is 4.37. The minimum Gasteiger partial charge on any atom is -0.484 e. The SMILES string of the molecule is CS(=O)(=O)N(Cc1ccc(F)cc1)c1ccc(OCC(=O)NCc2ccncc2)cc1. The Morgan fingerprint density at radius 3 is 2.26 bits per heavy atom. The molecule has 0 bridgehead atoms. The van der Waals surface area contributed by atoms with Crippen LogP contribution in [0.2, 0.25) is 0 Å². The van der Waals surface area contributed by atoms with Crippen LogP contribution in [0.5, 0.6) is 5.75 Å². The molecule has 0 aliphatic rings. The second-order valence-electron chi connectivity index (χ2n) is 6.81. The molecular weight excluding hydrogens is 421 g/mol. The first-order valence-electron chi connectivity index (χ1n) is 9.42. The molecule has 1 aromatic heterocycles. The maximum absolute atomic E-state index is 13.1. The lowest BCUT2D eigenvalue weighted by Crippen LogP contribution is -2.29. The van der Waals surface area contributed by atoms with Crippen molar-refractivity contribution in [1.82, 2.24) is 10.3 Å². The fraction of sp³-hybridized carbons (Fsp3) is 0.182. The van der Waals surface area contributed by atoms with Crippen LogP contribution in [0, 0.1) is 5.82 Å². The summed E-state index contributed by atoms with van der Waals surface area (Å²) in [6.07, 6.45) is 4.40. The first-order chi connectivity index (χ1) is 14.8. The molecule has 0 atom stereocenters. The van der Waals surface area contributed by atoms with Gasteiger partial charge in [0.2, 0.25) is 10.0 Å². The smallest absolute Gasteiger partial charge is 0.258 e. The number of ether oxygens (including phenoxy) is 1. The lowest BCUT2D eigenvalue weighted by Gasteiger charge is -2.22. The minimum atomic E-state index is -3.57. The topological polar surface area (TPSA) is 88.6 Å². The number of amides is 1. The summed E-state index contributed by atoms with van der Waals surface area (Å²) in [6, 6.07) is 15.6. The van der Waals surface area contributed by atoms with Gasteiger partial charge in [-0.25, -0.2) is 12.8 Å². The summed E-state index contributed by atoms with van der Waals surface area (Å²) in [4.78, 5) is 15.9. The first kappa shape index (κ1) is 22.2. The van der Waals surface area contributed by atoms with Gasteiger partial charge in [-0.3, -0.25) is 14.1 Å². The highest BCUT2D eigenvalue weighted by molar-refractivity contribution is 7.92. The number of carbonyl (C=O) groups excluding carboxylic acids is 1. The lowest BCUT2D eigenvalue weighted by atomic mass is 10.2. The fourth-order valence-electron chi connectivity index (χ4n) is 2.77. The molecule has 31 heavy (non-hydrogen) atoms. The Morgan fingerprint density at radius 2 is 1.65 bits per heavy atom. The Labute approximate surface area is 180 Å². The van der Waals surface area contributed by atoms with Crippen LogP contribution >= 0.6 is 0 Å². The van der Waals surface area contributed by atoms with Crippen LogP contribution < -0.4 is 14.4 Å². The van der Waals surface area contributed by atoms with E-state index in [2.05, 4.69) is 10.3 Å². The van der Waals surface area contributed by atoms with E-state index in [1.54, 1.807) is 48.8 Å². The standard InChI is InChI=1S/C22H22FN3O4S/c1-31(28,29)26(15-18-2-4-19(23)5-3-18)20-6-8-21(9-7-20)30-16-22(27)25-14-17-10-12-24-13-11-17/h2-13H,14-16H2,1H3,(H,25,27). The number of carbonyl (C=O) groups is 1. The van der Waals surface area contributed by atoms with E-state index in [1.807, 2.05) is 0 Å². The normalized spacial score (nSPS) is 11.0. The number of hydrogen-bond donors (Lipinski definition) is 1. The van der Waals surface area contributed by atoms with Gasteiger partial charge in [0.25, 0.3) is 5.91 Å². The molecular formula is C22H22FN3O4S. The lowest BCUT2D eigenvalue weighted by molar-refractivity contribution is -0.123. The quantitative estimate of drug-likeness (QED) is 0.549. The van der Waals surface area contributed by atoms with Crippen LogP contribution in [0.25, 0.3) is 0 Å². The van der Waals surface area contributed by atoms with Gasteiger partial charge in [0.15, 0.2) is 6.61 Å². The molecule has 2 aromatic carbocycles. The molecule has 0 spiro atoms. The minimum absolute atomic E-state index is 0.0662. The van der Waals surface area contributed by atoms with Crippen molar-refractivity contribution in [2.75, 3.05) is 17.2 Å². The van der Waals surface area contributed by atoms with E-state index in [0.717, 1.165) is 11.8 Å². The number of halogens is 1. The van der Waals surface area contributed by atoms with E-state index >= 15 is 0 Å². The Bertz CT molecular complexity index is 1110. The number of hydrogen-bond acceptors (Lipinski definition) is 5. The van der Waals surface area contributed by atoms with Crippen molar-refractivity contribution in [1.29, 1.82) is 0 Å². The van der Waals surface area contributed by atoms with Crippen LogP contribution in [-0.2, 0) is 27.9 Å². The van der Waals surface area contributed by atoms with Gasteiger partial charge in [0.1, 0.15) is 11.6 Å². The molecule has 0 unspecified atom stereocenters. The van der Waals surface area contributed by atoms with E-state index in [0.29, 0.717) is 23.5 Å². The number of rotatable bonds is 9. The molecule has 0 aliphatic carbocycles. The van der Waals surface area contributed by atoms with Crippen molar-refractivity contribution < 1.29 is 22.3 Å². The van der Waals surface area contributed by atoms with Crippen molar-refractivity contribution in [3.8, 4) is 5.75 Å². The van der Waals surface area contributed by atoms with Crippen molar-refractivity contribution in [2.45, 2.75) is 13.1 Å². The number of pyridine rings is 1. The van der Waals surface area contributed by atoms with Gasteiger partial charge in [-0.05, 0) is 59.7 Å². The van der Waals surface area contributed by atoms with Gasteiger partial charge in [-0.15, -0.1) is 0 Å². The van der Waals surface area contributed by atoms with E-state index < -0.39 is 10.0 Å². The molecule has 162 valence electrons. The maximum atomic E-state index is 13.1. The van der Waals surface area contributed by atoms with Gasteiger partial charge in [-0.1, -0.05) is 12.1 Å². The van der Waals surface area contributed by atoms with Gasteiger partial charge in [0, 0.05) is 18.9 Å². The van der Waals surface area contributed by atoms with Crippen LogP contribution in [-0.4, -0.2) is 32.2 Å². The molecule has 0 aliphatic heterocycles. The Hall–Kier alpha value is -3.46. The second kappa shape index (κ2) is 10.0. The van der Waals surface area contributed by atoms with Gasteiger partial charge in [0.05, 0.1) is 18.5 Å². The average molecular weight is 444 g/mol. The number of sulfonamides is 1. The highest BCUT2D eigenvalue weighted by Crippen LogP contribution is 2.24. The number of nitrogens with zero attached hydrogens (tertiary/aromatic N) is 2. The molecule has 0 saturated carbocycles. The van der Waals surface area contributed by atoms with E-state index in [-0.39, 0.29) is 24.9 Å². The summed E-state index contributed by atoms with van der Waals surface area (Å²) in [5.41, 5.74) is 2.01. The Balaban J connectivity index is 1.59. The van der Waals surface area contributed by atoms with Crippen molar-refractivity contribution in [3.63, 3.8) is 0 Å². The monoisotopic (exact) mass is 443 g/mol. The van der Waals surface area contributed by atoms with Gasteiger partial charge >= 0.3 is 0 Å². The summed E-state index contributed by atoms with van der Waals surface area (Å²) in [5, 5.41) is 2.74. The zero-order chi connectivity index (χ0) is 22.3. The largest absolute Gasteiger partial charge is 0.484 e. The molecule has 0 saturated heterocycles. The van der Waals surface area contributed by atoms with Crippen LogP contribution in [0.4, 0.5) is 10.1 Å². The summed E-state index contributed by atoms with van der Waals surface area (Å²) in [7, 11) is -3.57. The number of anilines is 1. The molecule has 3 aromatic rings. The average Bonchev–Trinajstić information content (AvgIpc) is 2.76. The predicted octanol–water partition coefficient (Wildman–Crippen LogP) is 2.88. The Morgan fingerprint density at radius 1 is 1.00 bits per heavy atom. The van der Waals surface area contributed by atoms with Gasteiger partial charge in [-0.2, -0.15) is 0 Å². The number of benzene rings is 2. The van der Waals surface area contributed by atoms with Gasteiger partial charge < -0.3 is 10.1 Å². The highest BCUT2D eigenvalue weighted by Gasteiger charge is 2.18. The molecule has 1 heterocycles. The van der Waals surface area contributed by atoms with Crippen LogP contribution in [0.3, 0.4) is 0 Å². The third kappa shape index (κ3) is 6.78. The van der Waals surface area contributed by atoms with E-state index in [4.69, 9.17) is 4.74 Å². The Kier molecular flexibility index (Phi) is 7.19. The van der Waals surface area contributed by atoms with Crippen molar-refractivity contribution in [3.05, 3.63) is 90.0 Å². The van der Waals surface area contributed by atoms with Crippen molar-refractivity contribution >= 4 is 21.6 Å². The number of nitrogens with one attached hydrogen (secondary N) is 1. The molecule has 1 N–H and O–H groups in total. The van der Waals surface area contributed by atoms with Crippen LogP contribution in [0.1, 0.15) is 11.1 Å². The summed E-state index contributed by atoms with van der Waals surface area (Å²) < 4.78 is 44.3. The zero-order valence-corrected chi connectivity index (χ0v) is 17.7. The molecule has 0 radical (unpaired) electrons. The fourth-order valence-corrected chi connectivity index (χ4v) is 3.65. The summed E-state index contributed by atoms with van der Waals surface area (Å²) >= 11 is 0. The third-order valence-corrected chi connectivity index (χ3v) is 5.51. The van der Waals surface area contributed by atoms with E-state index in [1.165, 1.54) is 28.6 Å². The summed E-state index contributed by atoms with van der Waals surface area (Å²) in [5.74, 6) is -0.242. The predicted molar refractivity (Wildman–Crippen MR) is 115 cm³/mol. The highest BCUT2D eigenvalue weighted by atomic mass is 32.2. The second-order valence-corrected chi connectivity index (χ2v) is 8.72. The maximum Gasteiger partial charge on any atom is 0.258 e. The van der Waals surface area contributed by atoms with Crippen LogP contribution in [0.15, 0.2) is 73.1 Å². The number of aromatic nitrogens is 1. The van der Waals surface area contributed by atoms with Crippen molar-refractivity contribution in [2.24, 2.45) is 0 Å². The molecule has 9 heteroatoms.